The maximum Gasteiger partial charge on any atom is 0.142 e. The molecule has 19 heavy (non-hydrogen) atoms. The van der Waals surface area contributed by atoms with Crippen molar-refractivity contribution < 1.29 is 4.74 Å². The van der Waals surface area contributed by atoms with E-state index in [4.69, 9.17) is 4.74 Å². The van der Waals surface area contributed by atoms with E-state index in [0.717, 1.165) is 25.3 Å². The van der Waals surface area contributed by atoms with Gasteiger partial charge in [-0.25, -0.2) is 0 Å². The SMILES string of the molecule is CC1CCc2cccc(OCCN3CCCC3)c2N1. The Bertz CT molecular complexity index is 427. The van der Waals surface area contributed by atoms with Gasteiger partial charge in [-0.3, -0.25) is 4.90 Å². The van der Waals surface area contributed by atoms with E-state index < -0.39 is 0 Å². The van der Waals surface area contributed by atoms with Gasteiger partial charge in [0.05, 0.1) is 5.69 Å². The van der Waals surface area contributed by atoms with Gasteiger partial charge in [0, 0.05) is 12.6 Å². The van der Waals surface area contributed by atoms with Crippen molar-refractivity contribution >= 4 is 5.69 Å². The topological polar surface area (TPSA) is 24.5 Å². The first kappa shape index (κ1) is 12.8. The summed E-state index contributed by atoms with van der Waals surface area (Å²) in [7, 11) is 0. The number of likely N-dealkylation sites (tertiary alicyclic amines) is 1. The molecule has 1 fully saturated rings. The van der Waals surface area contributed by atoms with E-state index in [1.165, 1.54) is 43.6 Å². The molecule has 1 N–H and O–H groups in total. The molecule has 2 aliphatic rings. The Balaban J connectivity index is 1.61. The molecule has 1 unspecified atom stereocenters. The molecule has 2 heterocycles. The highest BCUT2D eigenvalue weighted by Gasteiger charge is 2.18. The van der Waals surface area contributed by atoms with E-state index in [1.807, 2.05) is 0 Å². The summed E-state index contributed by atoms with van der Waals surface area (Å²) in [6.07, 6.45) is 5.07. The molecule has 0 bridgehead atoms. The number of nitrogens with zero attached hydrogens (tertiary/aromatic N) is 1. The number of aryl methyl sites for hydroxylation is 1. The fourth-order valence-corrected chi connectivity index (χ4v) is 3.05. The van der Waals surface area contributed by atoms with Crippen LogP contribution >= 0.6 is 0 Å². The van der Waals surface area contributed by atoms with Gasteiger partial charge < -0.3 is 10.1 Å². The molecule has 0 saturated carbocycles. The molecule has 3 rings (SSSR count). The third-order valence-electron chi connectivity index (χ3n) is 4.21. The molecular formula is C16H24N2O. The lowest BCUT2D eigenvalue weighted by molar-refractivity contribution is 0.238. The fourth-order valence-electron chi connectivity index (χ4n) is 3.05. The number of fused-ring (bicyclic) bond motifs is 1. The summed E-state index contributed by atoms with van der Waals surface area (Å²) in [5.41, 5.74) is 2.62. The summed E-state index contributed by atoms with van der Waals surface area (Å²) in [5, 5.41) is 3.57. The average Bonchev–Trinajstić information content (AvgIpc) is 2.92. The van der Waals surface area contributed by atoms with Crippen molar-refractivity contribution in [3.8, 4) is 5.75 Å². The first-order chi connectivity index (χ1) is 9.33. The summed E-state index contributed by atoms with van der Waals surface area (Å²) in [6, 6.07) is 6.97. The van der Waals surface area contributed by atoms with Gasteiger partial charge in [0.1, 0.15) is 12.4 Å². The maximum atomic E-state index is 6.01. The van der Waals surface area contributed by atoms with Crippen LogP contribution in [-0.2, 0) is 6.42 Å². The van der Waals surface area contributed by atoms with Crippen molar-refractivity contribution in [3.63, 3.8) is 0 Å². The molecule has 0 aromatic heterocycles. The molecule has 0 amide bonds. The molecule has 104 valence electrons. The number of para-hydroxylation sites is 1. The van der Waals surface area contributed by atoms with Crippen LogP contribution in [0.5, 0.6) is 5.75 Å². The highest BCUT2D eigenvalue weighted by molar-refractivity contribution is 5.63. The van der Waals surface area contributed by atoms with Gasteiger partial charge in [-0.05, 0) is 57.3 Å². The van der Waals surface area contributed by atoms with E-state index in [1.54, 1.807) is 0 Å². The van der Waals surface area contributed by atoms with Crippen molar-refractivity contribution in [2.24, 2.45) is 0 Å². The number of rotatable bonds is 4. The minimum absolute atomic E-state index is 0.552. The van der Waals surface area contributed by atoms with Gasteiger partial charge in [0.25, 0.3) is 0 Å². The predicted molar refractivity (Wildman–Crippen MR) is 79.0 cm³/mol. The number of hydrogen-bond acceptors (Lipinski definition) is 3. The van der Waals surface area contributed by atoms with Crippen molar-refractivity contribution in [2.45, 2.75) is 38.6 Å². The van der Waals surface area contributed by atoms with Crippen molar-refractivity contribution in [2.75, 3.05) is 31.6 Å². The van der Waals surface area contributed by atoms with Crippen molar-refractivity contribution in [1.29, 1.82) is 0 Å². The number of anilines is 1. The molecule has 0 radical (unpaired) electrons. The van der Waals surface area contributed by atoms with Crippen LogP contribution < -0.4 is 10.1 Å². The molecule has 2 aliphatic heterocycles. The number of nitrogens with one attached hydrogen (secondary N) is 1. The summed E-state index contributed by atoms with van der Waals surface area (Å²) < 4.78 is 6.01. The molecule has 3 heteroatoms. The zero-order chi connectivity index (χ0) is 13.1. The maximum absolute atomic E-state index is 6.01. The lowest BCUT2D eigenvalue weighted by Gasteiger charge is -2.26. The van der Waals surface area contributed by atoms with Gasteiger partial charge in [0.2, 0.25) is 0 Å². The first-order valence-corrected chi connectivity index (χ1v) is 7.56. The summed E-state index contributed by atoms with van der Waals surface area (Å²) in [6.45, 7) is 6.58. The van der Waals surface area contributed by atoms with Crippen LogP contribution in [0.25, 0.3) is 0 Å². The molecule has 1 aromatic rings. The van der Waals surface area contributed by atoms with E-state index in [9.17, 15) is 0 Å². The van der Waals surface area contributed by atoms with Gasteiger partial charge in [0.15, 0.2) is 0 Å². The Labute approximate surface area is 115 Å². The Hall–Kier alpha value is -1.22. The molecule has 0 aliphatic carbocycles. The molecule has 3 nitrogen and oxygen atoms in total. The van der Waals surface area contributed by atoms with Crippen LogP contribution in [0.1, 0.15) is 31.7 Å². The van der Waals surface area contributed by atoms with Crippen LogP contribution in [0.4, 0.5) is 5.69 Å². The second kappa shape index (κ2) is 5.83. The zero-order valence-corrected chi connectivity index (χ0v) is 11.8. The number of ether oxygens (including phenoxy) is 1. The Morgan fingerprint density at radius 1 is 1.32 bits per heavy atom. The Kier molecular flexibility index (Phi) is 3.92. The summed E-state index contributed by atoms with van der Waals surface area (Å²) in [4.78, 5) is 2.49. The van der Waals surface area contributed by atoms with Crippen LogP contribution in [0.3, 0.4) is 0 Å². The van der Waals surface area contributed by atoms with Gasteiger partial charge in [-0.2, -0.15) is 0 Å². The third kappa shape index (κ3) is 3.03. The molecule has 1 aromatic carbocycles. The summed E-state index contributed by atoms with van der Waals surface area (Å²) >= 11 is 0. The van der Waals surface area contributed by atoms with Crippen LogP contribution in [-0.4, -0.2) is 37.2 Å². The minimum Gasteiger partial charge on any atom is -0.490 e. The summed E-state index contributed by atoms with van der Waals surface area (Å²) in [5.74, 6) is 1.03. The fraction of sp³-hybridized carbons (Fsp3) is 0.625. The number of benzene rings is 1. The van der Waals surface area contributed by atoms with Crippen molar-refractivity contribution in [3.05, 3.63) is 23.8 Å². The predicted octanol–water partition coefficient (Wildman–Crippen LogP) is 2.91. The second-order valence-corrected chi connectivity index (χ2v) is 5.77. The molecule has 0 spiro atoms. The zero-order valence-electron chi connectivity index (χ0n) is 11.8. The lowest BCUT2D eigenvalue weighted by atomic mass is 9.98. The largest absolute Gasteiger partial charge is 0.490 e. The molecule has 1 saturated heterocycles. The van der Waals surface area contributed by atoms with Crippen LogP contribution in [0.15, 0.2) is 18.2 Å². The van der Waals surface area contributed by atoms with Gasteiger partial charge >= 0.3 is 0 Å². The second-order valence-electron chi connectivity index (χ2n) is 5.77. The molecule has 1 atom stereocenters. The van der Waals surface area contributed by atoms with Crippen LogP contribution in [0.2, 0.25) is 0 Å². The third-order valence-corrected chi connectivity index (χ3v) is 4.21. The number of hydrogen-bond donors (Lipinski definition) is 1. The van der Waals surface area contributed by atoms with Crippen molar-refractivity contribution in [1.82, 2.24) is 4.90 Å². The smallest absolute Gasteiger partial charge is 0.142 e. The quantitative estimate of drug-likeness (QED) is 0.901. The average molecular weight is 260 g/mol. The first-order valence-electron chi connectivity index (χ1n) is 7.56. The Morgan fingerprint density at radius 3 is 3.00 bits per heavy atom. The van der Waals surface area contributed by atoms with Gasteiger partial charge in [-0.1, -0.05) is 12.1 Å². The van der Waals surface area contributed by atoms with E-state index in [2.05, 4.69) is 35.3 Å². The van der Waals surface area contributed by atoms with E-state index in [-0.39, 0.29) is 0 Å². The van der Waals surface area contributed by atoms with E-state index in [0.29, 0.717) is 6.04 Å². The monoisotopic (exact) mass is 260 g/mol. The van der Waals surface area contributed by atoms with Gasteiger partial charge in [-0.15, -0.1) is 0 Å². The lowest BCUT2D eigenvalue weighted by Crippen LogP contribution is -2.26. The van der Waals surface area contributed by atoms with Crippen LogP contribution in [0, 0.1) is 0 Å². The normalized spacial score (nSPS) is 22.9. The highest BCUT2D eigenvalue weighted by atomic mass is 16.5. The minimum atomic E-state index is 0.552. The van der Waals surface area contributed by atoms with E-state index >= 15 is 0 Å². The molecular weight excluding hydrogens is 236 g/mol. The Morgan fingerprint density at radius 2 is 2.16 bits per heavy atom. The standard InChI is InChI=1S/C16H24N2O/c1-13-7-8-14-5-4-6-15(16(14)17-13)19-12-11-18-9-2-3-10-18/h4-6,13,17H,2-3,7-12H2,1H3. The highest BCUT2D eigenvalue weighted by Crippen LogP contribution is 2.33.